The van der Waals surface area contributed by atoms with Crippen molar-refractivity contribution >= 4 is 29.1 Å². The molecule has 0 unspecified atom stereocenters. The number of pyridine rings is 1. The molecule has 1 aromatic heterocycles. The molecule has 0 aliphatic heterocycles. The summed E-state index contributed by atoms with van der Waals surface area (Å²) in [4.78, 5) is 28.9. The SMILES string of the molecule is C/C(N)=C(/C#N)C(=O)CSc1nc(C)c(C(=O)Nc2ccccc2)cc1C#N. The van der Waals surface area contributed by atoms with Crippen molar-refractivity contribution in [3.05, 3.63) is 64.5 Å². The zero-order chi connectivity index (χ0) is 20.7. The number of carbonyl (C=O) groups is 2. The lowest BCUT2D eigenvalue weighted by Gasteiger charge is -2.10. The Kier molecular flexibility index (Phi) is 6.91. The number of hydrogen-bond donors (Lipinski definition) is 2. The molecule has 2 aromatic rings. The monoisotopic (exact) mass is 391 g/mol. The zero-order valence-electron chi connectivity index (χ0n) is 15.3. The normalized spacial score (nSPS) is 11.0. The molecule has 0 spiro atoms. The van der Waals surface area contributed by atoms with Crippen LogP contribution in [0.2, 0.25) is 0 Å². The van der Waals surface area contributed by atoms with E-state index in [9.17, 15) is 14.9 Å². The Hall–Kier alpha value is -3.62. The van der Waals surface area contributed by atoms with Gasteiger partial charge in [-0.3, -0.25) is 9.59 Å². The standard InChI is InChI=1S/C20H17N5O2S/c1-12(23)17(10-22)18(26)11-28-20-14(9-21)8-16(13(2)24-20)19(27)25-15-6-4-3-5-7-15/h3-8H,11,23H2,1-2H3,(H,25,27)/b17-12+. The summed E-state index contributed by atoms with van der Waals surface area (Å²) in [7, 11) is 0. The van der Waals surface area contributed by atoms with Crippen molar-refractivity contribution in [3.8, 4) is 12.1 Å². The average Bonchev–Trinajstić information content (AvgIpc) is 2.67. The Bertz CT molecular complexity index is 1030. The second-order valence-corrected chi connectivity index (χ2v) is 6.75. The Morgan fingerprint density at radius 1 is 1.25 bits per heavy atom. The summed E-state index contributed by atoms with van der Waals surface area (Å²) in [6.07, 6.45) is 0. The van der Waals surface area contributed by atoms with Gasteiger partial charge in [0, 0.05) is 11.4 Å². The minimum absolute atomic E-state index is 0.0892. The molecule has 28 heavy (non-hydrogen) atoms. The smallest absolute Gasteiger partial charge is 0.257 e. The fourth-order valence-corrected chi connectivity index (χ4v) is 3.17. The molecule has 0 saturated heterocycles. The van der Waals surface area contributed by atoms with Crippen LogP contribution in [0.3, 0.4) is 0 Å². The number of Topliss-reactive ketones (excluding diaryl/α,β-unsaturated/α-hetero) is 1. The minimum atomic E-state index is -0.443. The first kappa shape index (κ1) is 20.7. The highest BCUT2D eigenvalue weighted by Gasteiger charge is 2.18. The number of hydrogen-bond acceptors (Lipinski definition) is 7. The maximum atomic E-state index is 12.5. The number of thioether (sulfide) groups is 1. The summed E-state index contributed by atoms with van der Waals surface area (Å²) < 4.78 is 0. The molecule has 1 amide bonds. The van der Waals surface area contributed by atoms with E-state index in [1.165, 1.54) is 13.0 Å². The minimum Gasteiger partial charge on any atom is -0.401 e. The summed E-state index contributed by atoms with van der Waals surface area (Å²) in [6.45, 7) is 3.13. The van der Waals surface area contributed by atoms with Gasteiger partial charge in [0.15, 0.2) is 5.78 Å². The lowest BCUT2D eigenvalue weighted by Crippen LogP contribution is -2.15. The number of nitrogens with zero attached hydrogens (tertiary/aromatic N) is 3. The van der Waals surface area contributed by atoms with Crippen molar-refractivity contribution in [2.24, 2.45) is 5.73 Å². The molecule has 140 valence electrons. The molecule has 1 aromatic carbocycles. The summed E-state index contributed by atoms with van der Waals surface area (Å²) in [5.74, 6) is -0.913. The van der Waals surface area contributed by atoms with Gasteiger partial charge in [-0.05, 0) is 32.0 Å². The molecule has 0 fully saturated rings. The van der Waals surface area contributed by atoms with Crippen LogP contribution in [0, 0.1) is 29.6 Å². The molecule has 0 saturated carbocycles. The molecular formula is C20H17N5O2S. The summed E-state index contributed by atoms with van der Waals surface area (Å²) in [5, 5.41) is 21.5. The van der Waals surface area contributed by atoms with Crippen LogP contribution in [0.25, 0.3) is 0 Å². The van der Waals surface area contributed by atoms with E-state index in [0.717, 1.165) is 11.8 Å². The van der Waals surface area contributed by atoms with Gasteiger partial charge in [-0.15, -0.1) is 0 Å². The highest BCUT2D eigenvalue weighted by molar-refractivity contribution is 8.00. The van der Waals surface area contributed by atoms with Crippen molar-refractivity contribution in [2.75, 3.05) is 11.1 Å². The maximum Gasteiger partial charge on any atom is 0.257 e. The van der Waals surface area contributed by atoms with Crippen molar-refractivity contribution in [3.63, 3.8) is 0 Å². The number of nitrogens with one attached hydrogen (secondary N) is 1. The van der Waals surface area contributed by atoms with Crippen molar-refractivity contribution < 1.29 is 9.59 Å². The summed E-state index contributed by atoms with van der Waals surface area (Å²) in [5.41, 5.74) is 7.06. The van der Waals surface area contributed by atoms with Crippen LogP contribution in [0.4, 0.5) is 5.69 Å². The van der Waals surface area contributed by atoms with Crippen LogP contribution in [-0.4, -0.2) is 22.4 Å². The number of ketones is 1. The molecule has 0 aliphatic carbocycles. The highest BCUT2D eigenvalue weighted by atomic mass is 32.2. The van der Waals surface area contributed by atoms with Crippen LogP contribution in [0.15, 0.2) is 52.7 Å². The van der Waals surface area contributed by atoms with E-state index in [2.05, 4.69) is 10.3 Å². The lowest BCUT2D eigenvalue weighted by molar-refractivity contribution is -0.112. The van der Waals surface area contributed by atoms with Gasteiger partial charge in [0.1, 0.15) is 22.7 Å². The second-order valence-electron chi connectivity index (χ2n) is 5.79. The van der Waals surface area contributed by atoms with Gasteiger partial charge in [-0.1, -0.05) is 30.0 Å². The topological polar surface area (TPSA) is 133 Å². The van der Waals surface area contributed by atoms with Gasteiger partial charge < -0.3 is 11.1 Å². The Labute approximate surface area is 166 Å². The van der Waals surface area contributed by atoms with Crippen LogP contribution >= 0.6 is 11.8 Å². The molecule has 7 nitrogen and oxygen atoms in total. The third kappa shape index (κ3) is 4.97. The Balaban J connectivity index is 2.23. The maximum absolute atomic E-state index is 12.5. The fourth-order valence-electron chi connectivity index (χ4n) is 2.30. The molecule has 8 heteroatoms. The third-order valence-corrected chi connectivity index (χ3v) is 4.69. The molecule has 3 N–H and O–H groups in total. The first-order chi connectivity index (χ1) is 13.4. The fraction of sp³-hybridized carbons (Fsp3) is 0.150. The van der Waals surface area contributed by atoms with Crippen LogP contribution in [0.5, 0.6) is 0 Å². The number of benzene rings is 1. The zero-order valence-corrected chi connectivity index (χ0v) is 16.1. The van der Waals surface area contributed by atoms with E-state index in [-0.39, 0.29) is 34.1 Å². The van der Waals surface area contributed by atoms with Gasteiger partial charge in [0.25, 0.3) is 5.91 Å². The van der Waals surface area contributed by atoms with E-state index in [0.29, 0.717) is 16.4 Å². The number of amides is 1. The van der Waals surface area contributed by atoms with Crippen molar-refractivity contribution in [1.29, 1.82) is 10.5 Å². The van der Waals surface area contributed by atoms with Gasteiger partial charge in [0.05, 0.1) is 22.6 Å². The van der Waals surface area contributed by atoms with E-state index in [1.807, 2.05) is 12.1 Å². The number of rotatable bonds is 6. The average molecular weight is 391 g/mol. The predicted molar refractivity (Wildman–Crippen MR) is 106 cm³/mol. The number of allylic oxidation sites excluding steroid dienone is 2. The quantitative estimate of drug-likeness (QED) is 0.439. The number of aryl methyl sites for hydroxylation is 1. The van der Waals surface area contributed by atoms with E-state index >= 15 is 0 Å². The van der Waals surface area contributed by atoms with E-state index < -0.39 is 5.78 Å². The molecule has 0 bridgehead atoms. The first-order valence-corrected chi connectivity index (χ1v) is 9.16. The third-order valence-electron chi connectivity index (χ3n) is 3.70. The molecule has 1 heterocycles. The van der Waals surface area contributed by atoms with Gasteiger partial charge in [0.2, 0.25) is 0 Å². The van der Waals surface area contributed by atoms with E-state index in [1.54, 1.807) is 37.3 Å². The van der Waals surface area contributed by atoms with Gasteiger partial charge in [-0.25, -0.2) is 4.98 Å². The first-order valence-electron chi connectivity index (χ1n) is 8.18. The van der Waals surface area contributed by atoms with E-state index in [4.69, 9.17) is 11.0 Å². The molecule has 0 atom stereocenters. The largest absolute Gasteiger partial charge is 0.401 e. The van der Waals surface area contributed by atoms with Crippen molar-refractivity contribution in [1.82, 2.24) is 4.98 Å². The number of para-hydroxylation sites is 1. The molecule has 2 rings (SSSR count). The van der Waals surface area contributed by atoms with Crippen LogP contribution < -0.4 is 11.1 Å². The number of nitrogens with two attached hydrogens (primary N) is 1. The van der Waals surface area contributed by atoms with Gasteiger partial charge in [-0.2, -0.15) is 10.5 Å². The Morgan fingerprint density at radius 2 is 1.93 bits per heavy atom. The highest BCUT2D eigenvalue weighted by Crippen LogP contribution is 2.24. The summed E-state index contributed by atoms with van der Waals surface area (Å²) >= 11 is 1.02. The Morgan fingerprint density at radius 3 is 2.50 bits per heavy atom. The predicted octanol–water partition coefficient (Wildman–Crippen LogP) is 2.93. The number of anilines is 1. The molecular weight excluding hydrogens is 374 g/mol. The molecule has 0 aliphatic rings. The number of nitriles is 2. The van der Waals surface area contributed by atoms with Crippen LogP contribution in [0.1, 0.15) is 28.5 Å². The molecule has 0 radical (unpaired) electrons. The summed E-state index contributed by atoms with van der Waals surface area (Å²) in [6, 6.07) is 14.2. The van der Waals surface area contributed by atoms with Gasteiger partial charge >= 0.3 is 0 Å². The van der Waals surface area contributed by atoms with Crippen LogP contribution in [-0.2, 0) is 4.79 Å². The second kappa shape index (κ2) is 9.36. The lowest BCUT2D eigenvalue weighted by atomic mass is 10.1. The van der Waals surface area contributed by atoms with Crippen molar-refractivity contribution in [2.45, 2.75) is 18.9 Å². The number of aromatic nitrogens is 1. The number of carbonyl (C=O) groups excluding carboxylic acids is 2.